The van der Waals surface area contributed by atoms with Gasteiger partial charge in [-0.2, -0.15) is 0 Å². The molecule has 3 aromatic heterocycles. The molecular weight excluding hydrogens is 376 g/mol. The first kappa shape index (κ1) is 21.9. The molecule has 0 fully saturated rings. The highest BCUT2D eigenvalue weighted by Gasteiger charge is 2.21. The Hall–Kier alpha value is -2.77. The van der Waals surface area contributed by atoms with Crippen LogP contribution in [0.2, 0.25) is 0 Å². The van der Waals surface area contributed by atoms with Crippen molar-refractivity contribution in [2.24, 2.45) is 4.99 Å². The van der Waals surface area contributed by atoms with E-state index in [1.54, 1.807) is 18.9 Å². The molecule has 0 aromatic carbocycles. The third-order valence-corrected chi connectivity index (χ3v) is 4.99. The van der Waals surface area contributed by atoms with Crippen LogP contribution in [0.4, 0.5) is 5.82 Å². The van der Waals surface area contributed by atoms with Crippen molar-refractivity contribution >= 4 is 23.3 Å². The van der Waals surface area contributed by atoms with Gasteiger partial charge in [0.1, 0.15) is 35.0 Å². The molecule has 1 aliphatic rings. The second-order valence-electron chi connectivity index (χ2n) is 8.82. The molecule has 1 N–H and O–H groups in total. The molecule has 4 heterocycles. The van der Waals surface area contributed by atoms with E-state index >= 15 is 0 Å². The number of nitrogens with zero attached hydrogens (tertiary/aromatic N) is 7. The summed E-state index contributed by atoms with van der Waals surface area (Å²) in [7, 11) is 0. The van der Waals surface area contributed by atoms with Crippen LogP contribution in [0, 0.1) is 0 Å². The first-order valence-corrected chi connectivity index (χ1v) is 10.8. The highest BCUT2D eigenvalue weighted by atomic mass is 15.2. The summed E-state index contributed by atoms with van der Waals surface area (Å²) in [6, 6.07) is 0.806. The maximum atomic E-state index is 4.66. The number of imidazole rings is 2. The Balaban J connectivity index is 0.000000171. The van der Waals surface area contributed by atoms with Crippen molar-refractivity contribution in [1.82, 2.24) is 29.1 Å². The van der Waals surface area contributed by atoms with Crippen LogP contribution in [0.25, 0.3) is 11.2 Å². The third kappa shape index (κ3) is 4.22. The zero-order chi connectivity index (χ0) is 22.0. The summed E-state index contributed by atoms with van der Waals surface area (Å²) < 4.78 is 4.45. The minimum atomic E-state index is 0.377. The fourth-order valence-corrected chi connectivity index (χ4v) is 3.71. The summed E-state index contributed by atoms with van der Waals surface area (Å²) in [5.41, 5.74) is 2.88. The van der Waals surface area contributed by atoms with Crippen LogP contribution in [0.1, 0.15) is 96.7 Å². The van der Waals surface area contributed by atoms with Crippen LogP contribution < -0.4 is 5.32 Å². The Labute approximate surface area is 178 Å². The van der Waals surface area contributed by atoms with Gasteiger partial charge in [-0.1, -0.05) is 27.7 Å². The molecule has 3 aromatic rings. The van der Waals surface area contributed by atoms with E-state index in [2.05, 4.69) is 94.8 Å². The molecule has 0 unspecified atom stereocenters. The Morgan fingerprint density at radius 3 is 2.10 bits per heavy atom. The van der Waals surface area contributed by atoms with Crippen LogP contribution in [-0.4, -0.2) is 35.4 Å². The molecule has 8 nitrogen and oxygen atoms in total. The molecule has 0 atom stereocenters. The minimum absolute atomic E-state index is 0.377. The van der Waals surface area contributed by atoms with E-state index in [0.29, 0.717) is 30.5 Å². The first-order valence-electron chi connectivity index (χ1n) is 10.8. The van der Waals surface area contributed by atoms with Crippen LogP contribution in [-0.2, 0) is 6.54 Å². The molecule has 0 spiro atoms. The highest BCUT2D eigenvalue weighted by Crippen LogP contribution is 2.29. The number of aromatic nitrogens is 6. The Morgan fingerprint density at radius 2 is 1.50 bits per heavy atom. The molecule has 0 radical (unpaired) electrons. The van der Waals surface area contributed by atoms with Crippen LogP contribution in [0.15, 0.2) is 17.5 Å². The maximum Gasteiger partial charge on any atom is 0.163 e. The third-order valence-electron chi connectivity index (χ3n) is 4.99. The number of aliphatic imine (C=N–C) groups is 1. The lowest BCUT2D eigenvalue weighted by atomic mass is 10.2. The number of hydrogen-bond donors (Lipinski definition) is 1. The van der Waals surface area contributed by atoms with Gasteiger partial charge in [-0.25, -0.2) is 19.9 Å². The smallest absolute Gasteiger partial charge is 0.163 e. The average Bonchev–Trinajstić information content (AvgIpc) is 3.27. The molecular formula is C22H34N8. The van der Waals surface area contributed by atoms with Crippen molar-refractivity contribution in [2.45, 2.75) is 85.9 Å². The van der Waals surface area contributed by atoms with Gasteiger partial charge in [-0.3, -0.25) is 4.99 Å². The predicted molar refractivity (Wildman–Crippen MR) is 122 cm³/mol. The van der Waals surface area contributed by atoms with Gasteiger partial charge in [0.25, 0.3) is 0 Å². The summed E-state index contributed by atoms with van der Waals surface area (Å²) >= 11 is 0. The normalized spacial score (nSPS) is 13.2. The van der Waals surface area contributed by atoms with E-state index in [9.17, 15) is 0 Å². The molecule has 30 heavy (non-hydrogen) atoms. The quantitative estimate of drug-likeness (QED) is 0.649. The topological polar surface area (TPSA) is 85.8 Å². The van der Waals surface area contributed by atoms with Crippen LogP contribution in [0.5, 0.6) is 0 Å². The van der Waals surface area contributed by atoms with E-state index in [0.717, 1.165) is 34.3 Å². The van der Waals surface area contributed by atoms with Gasteiger partial charge >= 0.3 is 0 Å². The lowest BCUT2D eigenvalue weighted by Crippen LogP contribution is -2.13. The summed E-state index contributed by atoms with van der Waals surface area (Å²) in [4.78, 5) is 21.7. The summed E-state index contributed by atoms with van der Waals surface area (Å²) in [5, 5.41) is 3.20. The van der Waals surface area contributed by atoms with Crippen molar-refractivity contribution in [3.63, 3.8) is 0 Å². The van der Waals surface area contributed by atoms with Gasteiger partial charge in [0, 0.05) is 23.9 Å². The molecule has 8 heteroatoms. The van der Waals surface area contributed by atoms with E-state index in [1.807, 2.05) is 0 Å². The van der Waals surface area contributed by atoms with Crippen LogP contribution >= 0.6 is 0 Å². The Kier molecular flexibility index (Phi) is 6.53. The minimum Gasteiger partial charge on any atom is -0.331 e. The average molecular weight is 411 g/mol. The second-order valence-corrected chi connectivity index (χ2v) is 8.82. The van der Waals surface area contributed by atoms with Crippen molar-refractivity contribution < 1.29 is 0 Å². The lowest BCUT2D eigenvalue weighted by molar-refractivity contribution is 0.556. The first-order chi connectivity index (χ1) is 14.2. The number of anilines is 1. The summed E-state index contributed by atoms with van der Waals surface area (Å²) in [6.07, 6.45) is 5.10. The van der Waals surface area contributed by atoms with E-state index in [4.69, 9.17) is 0 Å². The fourth-order valence-electron chi connectivity index (χ4n) is 3.71. The zero-order valence-corrected chi connectivity index (χ0v) is 19.4. The molecule has 1 aliphatic heterocycles. The van der Waals surface area contributed by atoms with Crippen molar-refractivity contribution in [3.8, 4) is 0 Å². The number of nitrogens with one attached hydrogen (secondary N) is 1. The molecule has 0 saturated heterocycles. The van der Waals surface area contributed by atoms with E-state index in [-0.39, 0.29) is 0 Å². The van der Waals surface area contributed by atoms with Gasteiger partial charge in [0.2, 0.25) is 0 Å². The summed E-state index contributed by atoms with van der Waals surface area (Å²) in [5.74, 6) is 4.19. The monoisotopic (exact) mass is 410 g/mol. The second kappa shape index (κ2) is 8.93. The number of fused-ring (bicyclic) bond motifs is 2. The predicted octanol–water partition coefficient (Wildman–Crippen LogP) is 5.07. The number of rotatable bonds is 4. The zero-order valence-electron chi connectivity index (χ0n) is 19.4. The maximum absolute atomic E-state index is 4.66. The molecule has 0 bridgehead atoms. The molecule has 0 amide bonds. The van der Waals surface area contributed by atoms with Gasteiger partial charge in [-0.15, -0.1) is 0 Å². The largest absolute Gasteiger partial charge is 0.331 e. The van der Waals surface area contributed by atoms with Crippen molar-refractivity contribution in [2.75, 3.05) is 5.32 Å². The SMILES string of the molecule is CC(C)c1nc2c(n1C(C)C)NC=NC2.CC(C)c1nc2cncnc2n1C(C)C. The lowest BCUT2D eigenvalue weighted by Gasteiger charge is -2.18. The fraction of sp³-hybridized carbons (Fsp3) is 0.591. The van der Waals surface area contributed by atoms with Gasteiger partial charge in [0.05, 0.1) is 19.1 Å². The molecule has 0 saturated carbocycles. The Morgan fingerprint density at radius 1 is 0.867 bits per heavy atom. The Bertz CT molecular complexity index is 1020. The van der Waals surface area contributed by atoms with E-state index < -0.39 is 0 Å². The molecule has 0 aliphatic carbocycles. The van der Waals surface area contributed by atoms with Gasteiger partial charge < -0.3 is 14.5 Å². The van der Waals surface area contributed by atoms with E-state index in [1.165, 1.54) is 0 Å². The van der Waals surface area contributed by atoms with Gasteiger partial charge in [-0.05, 0) is 27.7 Å². The molecule has 162 valence electrons. The van der Waals surface area contributed by atoms with Crippen LogP contribution in [0.3, 0.4) is 0 Å². The van der Waals surface area contributed by atoms with Crippen molar-refractivity contribution in [1.29, 1.82) is 0 Å². The number of hydrogen-bond acceptors (Lipinski definition) is 6. The van der Waals surface area contributed by atoms with Gasteiger partial charge in [0.15, 0.2) is 5.65 Å². The summed E-state index contributed by atoms with van der Waals surface area (Å²) in [6.45, 7) is 18.0. The molecule has 4 rings (SSSR count). The highest BCUT2D eigenvalue weighted by molar-refractivity contribution is 5.77. The van der Waals surface area contributed by atoms with Crippen molar-refractivity contribution in [3.05, 3.63) is 29.9 Å². The standard InChI is InChI=1S/C11H18N4.C11H16N4/c2*1-7(2)10-14-9-5-12-6-13-11(9)15(10)8(3)4/h6-8H,5H2,1-4H3,(H,12,13);5-8H,1-4H3.